The first-order chi connectivity index (χ1) is 13.4. The fourth-order valence-electron chi connectivity index (χ4n) is 3.39. The van der Waals surface area contributed by atoms with Crippen molar-refractivity contribution in [2.45, 2.75) is 71.6 Å². The molecule has 9 nitrogen and oxygen atoms in total. The summed E-state index contributed by atoms with van der Waals surface area (Å²) in [6.07, 6.45) is 0.384. The van der Waals surface area contributed by atoms with Gasteiger partial charge in [0, 0.05) is 4.88 Å². The second-order valence-electron chi connectivity index (χ2n) is 8.62. The third-order valence-electron chi connectivity index (χ3n) is 5.31. The maximum Gasteiger partial charge on any atom is 0.422 e. The lowest BCUT2D eigenvalue weighted by atomic mass is 10.1. The van der Waals surface area contributed by atoms with Gasteiger partial charge in [-0.1, -0.05) is 0 Å². The third kappa shape index (κ3) is 3.56. The van der Waals surface area contributed by atoms with E-state index in [-0.39, 0.29) is 18.6 Å². The Bertz CT molecular complexity index is 1140. The van der Waals surface area contributed by atoms with Crippen LogP contribution in [-0.2, 0) is 18.6 Å². The van der Waals surface area contributed by atoms with Gasteiger partial charge < -0.3 is 5.11 Å². The van der Waals surface area contributed by atoms with Crippen LogP contribution in [0.4, 0.5) is 4.79 Å². The van der Waals surface area contributed by atoms with Gasteiger partial charge >= 0.3 is 11.8 Å². The molecule has 10 heteroatoms. The molecule has 1 amide bonds. The number of fused-ring (bicyclic) bond motifs is 1. The molecule has 1 aliphatic carbocycles. The molecular weight excluding hydrogens is 394 g/mol. The van der Waals surface area contributed by atoms with Crippen LogP contribution in [0.5, 0.6) is 0 Å². The molecule has 1 aliphatic rings. The molecular formula is C19H25N5O4S. The van der Waals surface area contributed by atoms with Crippen LogP contribution in [0.1, 0.15) is 51.0 Å². The quantitative estimate of drug-likeness (QED) is 0.718. The Morgan fingerprint density at radius 3 is 2.48 bits per heavy atom. The van der Waals surface area contributed by atoms with E-state index in [1.54, 1.807) is 27.7 Å². The van der Waals surface area contributed by atoms with Gasteiger partial charge in [-0.2, -0.15) is 5.26 Å². The topological polar surface area (TPSA) is 120 Å². The molecule has 0 atom stereocenters. The molecule has 0 unspecified atom stereocenters. The van der Waals surface area contributed by atoms with Crippen LogP contribution in [0.25, 0.3) is 10.2 Å². The number of nitriles is 1. The van der Waals surface area contributed by atoms with Crippen LogP contribution in [-0.4, -0.2) is 30.9 Å². The number of hydrogen-bond donors (Lipinski definition) is 2. The molecule has 2 heterocycles. The third-order valence-corrected chi connectivity index (χ3v) is 6.63. The lowest BCUT2D eigenvalue weighted by Gasteiger charge is -2.33. The molecule has 0 bridgehead atoms. The van der Waals surface area contributed by atoms with Gasteiger partial charge in [-0.25, -0.2) is 20.0 Å². The van der Waals surface area contributed by atoms with Crippen molar-refractivity contribution < 1.29 is 9.90 Å². The van der Waals surface area contributed by atoms with Crippen molar-refractivity contribution in [3.8, 4) is 6.07 Å². The molecule has 2 aromatic rings. The molecule has 0 aliphatic heterocycles. The zero-order valence-electron chi connectivity index (χ0n) is 17.2. The number of aromatic nitrogens is 2. The zero-order valence-corrected chi connectivity index (χ0v) is 18.0. The van der Waals surface area contributed by atoms with E-state index in [4.69, 9.17) is 0 Å². The van der Waals surface area contributed by atoms with Gasteiger partial charge in [-0.05, 0) is 53.0 Å². The number of aryl methyl sites for hydroxylation is 1. The van der Waals surface area contributed by atoms with Crippen LogP contribution in [0.15, 0.2) is 9.59 Å². The monoisotopic (exact) mass is 419 g/mol. The minimum absolute atomic E-state index is 0.151. The Morgan fingerprint density at radius 1 is 1.38 bits per heavy atom. The number of hydrogen-bond acceptors (Lipinski definition) is 6. The fourth-order valence-corrected chi connectivity index (χ4v) is 4.61. The first kappa shape index (κ1) is 21.1. The van der Waals surface area contributed by atoms with E-state index in [0.29, 0.717) is 15.8 Å². The Balaban J connectivity index is 2.14. The van der Waals surface area contributed by atoms with Crippen molar-refractivity contribution in [2.24, 2.45) is 0 Å². The lowest BCUT2D eigenvalue weighted by Crippen LogP contribution is -2.52. The molecule has 0 saturated heterocycles. The molecule has 3 rings (SSSR count). The summed E-state index contributed by atoms with van der Waals surface area (Å²) in [5, 5.41) is 20.2. The van der Waals surface area contributed by atoms with E-state index in [1.807, 2.05) is 13.0 Å². The van der Waals surface area contributed by atoms with Crippen LogP contribution in [0.2, 0.25) is 0 Å². The van der Waals surface area contributed by atoms with Crippen molar-refractivity contribution in [2.75, 3.05) is 0 Å². The highest BCUT2D eigenvalue weighted by molar-refractivity contribution is 7.18. The molecule has 156 valence electrons. The highest BCUT2D eigenvalue weighted by Crippen LogP contribution is 2.41. The van der Waals surface area contributed by atoms with Gasteiger partial charge in [-0.15, -0.1) is 11.3 Å². The molecule has 0 spiro atoms. The lowest BCUT2D eigenvalue weighted by molar-refractivity contribution is 0.0626. The van der Waals surface area contributed by atoms with E-state index in [2.05, 4.69) is 5.43 Å². The number of rotatable bonds is 5. The Morgan fingerprint density at radius 2 is 2.00 bits per heavy atom. The SMILES string of the molecule is Cc1c(CNN(C(=O)O)C(C)(C)C)sc2c1c(=O)n(C1(C)CC1)c(=O)n2CC#N. The highest BCUT2D eigenvalue weighted by Gasteiger charge is 2.43. The Kier molecular flexibility index (Phi) is 5.09. The molecule has 1 fully saturated rings. The van der Waals surface area contributed by atoms with Gasteiger partial charge in [0.25, 0.3) is 5.56 Å². The van der Waals surface area contributed by atoms with Gasteiger partial charge in [0.05, 0.1) is 29.1 Å². The first-order valence-electron chi connectivity index (χ1n) is 9.34. The number of carboxylic acid groups (broad SMARTS) is 1. The standard InChI is InChI=1S/C19H25N5O4S/c1-11-12(10-21-24(17(27)28)18(2,3)4)29-15-13(11)14(25)23(19(5)6-7-19)16(26)22(15)9-8-20/h21H,6-7,9-10H2,1-5H3,(H,27,28). The molecule has 0 aromatic carbocycles. The molecule has 2 aromatic heterocycles. The number of thiophene rings is 1. The highest BCUT2D eigenvalue weighted by atomic mass is 32.1. The summed E-state index contributed by atoms with van der Waals surface area (Å²) in [7, 11) is 0. The zero-order chi connectivity index (χ0) is 21.7. The Labute approximate surface area is 171 Å². The number of carbonyl (C=O) groups is 1. The van der Waals surface area contributed by atoms with E-state index < -0.39 is 22.9 Å². The minimum atomic E-state index is -1.11. The van der Waals surface area contributed by atoms with Crippen molar-refractivity contribution in [1.29, 1.82) is 5.26 Å². The maximum atomic E-state index is 13.2. The summed E-state index contributed by atoms with van der Waals surface area (Å²) in [4.78, 5) is 38.9. The minimum Gasteiger partial charge on any atom is -0.464 e. The predicted molar refractivity (Wildman–Crippen MR) is 110 cm³/mol. The normalized spacial score (nSPS) is 15.3. The van der Waals surface area contributed by atoms with E-state index in [9.17, 15) is 24.8 Å². The average molecular weight is 420 g/mol. The van der Waals surface area contributed by atoms with Crippen molar-refractivity contribution in [3.05, 3.63) is 31.3 Å². The smallest absolute Gasteiger partial charge is 0.422 e. The van der Waals surface area contributed by atoms with Crippen molar-refractivity contribution >= 4 is 27.6 Å². The van der Waals surface area contributed by atoms with Crippen molar-refractivity contribution in [3.63, 3.8) is 0 Å². The second-order valence-corrected chi connectivity index (χ2v) is 9.70. The largest absolute Gasteiger partial charge is 0.464 e. The summed E-state index contributed by atoms with van der Waals surface area (Å²) < 4.78 is 2.63. The van der Waals surface area contributed by atoms with Crippen LogP contribution in [0.3, 0.4) is 0 Å². The summed E-state index contributed by atoms with van der Waals surface area (Å²) >= 11 is 1.24. The first-order valence-corrected chi connectivity index (χ1v) is 10.2. The fraction of sp³-hybridized carbons (Fsp3) is 0.579. The van der Waals surface area contributed by atoms with Crippen LogP contribution < -0.4 is 16.7 Å². The summed E-state index contributed by atoms with van der Waals surface area (Å²) in [5.41, 5.74) is 1.63. The average Bonchev–Trinajstić information content (AvgIpc) is 3.24. The van der Waals surface area contributed by atoms with E-state index >= 15 is 0 Å². The van der Waals surface area contributed by atoms with Crippen LogP contribution >= 0.6 is 11.3 Å². The number of nitrogens with one attached hydrogen (secondary N) is 1. The Hall–Kier alpha value is -2.64. The number of amides is 1. The van der Waals surface area contributed by atoms with Gasteiger partial charge in [0.15, 0.2) is 0 Å². The maximum absolute atomic E-state index is 13.2. The van der Waals surface area contributed by atoms with Gasteiger partial charge in [-0.3, -0.25) is 13.9 Å². The molecule has 0 radical (unpaired) electrons. The van der Waals surface area contributed by atoms with Crippen LogP contribution in [0, 0.1) is 18.3 Å². The summed E-state index contributed by atoms with van der Waals surface area (Å²) in [6, 6.07) is 2.00. The second kappa shape index (κ2) is 7.00. The molecule has 29 heavy (non-hydrogen) atoms. The number of nitrogens with zero attached hydrogens (tertiary/aromatic N) is 4. The molecule has 2 N–H and O–H groups in total. The van der Waals surface area contributed by atoms with E-state index in [0.717, 1.165) is 22.7 Å². The van der Waals surface area contributed by atoms with Gasteiger partial charge in [0.1, 0.15) is 11.4 Å². The van der Waals surface area contributed by atoms with E-state index in [1.165, 1.54) is 20.5 Å². The summed E-state index contributed by atoms with van der Waals surface area (Å²) in [5.74, 6) is 0. The summed E-state index contributed by atoms with van der Waals surface area (Å²) in [6.45, 7) is 9.01. The van der Waals surface area contributed by atoms with Crippen molar-refractivity contribution in [1.82, 2.24) is 19.6 Å². The number of hydrazine groups is 1. The predicted octanol–water partition coefficient (Wildman–Crippen LogP) is 2.35. The van der Waals surface area contributed by atoms with Gasteiger partial charge in [0.2, 0.25) is 0 Å². The molecule has 1 saturated carbocycles.